The molecule has 0 atom stereocenters. The molecule has 0 fully saturated rings. The van der Waals surface area contributed by atoms with Crippen LogP contribution in [0.5, 0.6) is 0 Å². The maximum Gasteiger partial charge on any atom is 0.240 e. The Morgan fingerprint density at radius 3 is 2.72 bits per heavy atom. The van der Waals surface area contributed by atoms with E-state index in [2.05, 4.69) is 9.71 Å². The molecule has 0 amide bonds. The molecule has 0 aliphatic carbocycles. The molecule has 130 valence electrons. The van der Waals surface area contributed by atoms with Gasteiger partial charge in [-0.15, -0.1) is 11.3 Å². The van der Waals surface area contributed by atoms with Crippen LogP contribution < -0.4 is 4.72 Å². The fraction of sp³-hybridized carbons (Fsp3) is 0.167. The van der Waals surface area contributed by atoms with Gasteiger partial charge in [0.25, 0.3) is 0 Å². The number of thiazole rings is 1. The van der Waals surface area contributed by atoms with Crippen LogP contribution in [0, 0.1) is 12.7 Å². The first-order valence-corrected chi connectivity index (χ1v) is 10.1. The number of hydrogen-bond acceptors (Lipinski definition) is 4. The van der Waals surface area contributed by atoms with Crippen molar-refractivity contribution in [3.63, 3.8) is 0 Å². The summed E-state index contributed by atoms with van der Waals surface area (Å²) in [5.74, 6) is -0.305. The van der Waals surface area contributed by atoms with E-state index in [1.165, 1.54) is 23.5 Å². The van der Waals surface area contributed by atoms with Gasteiger partial charge in [-0.2, -0.15) is 0 Å². The van der Waals surface area contributed by atoms with Crippen molar-refractivity contribution >= 4 is 21.4 Å². The molecular weight excluding hydrogens is 359 g/mol. The van der Waals surface area contributed by atoms with Crippen molar-refractivity contribution in [1.82, 2.24) is 9.71 Å². The molecule has 7 heteroatoms. The van der Waals surface area contributed by atoms with Crippen LogP contribution in [-0.4, -0.2) is 19.9 Å². The lowest BCUT2D eigenvalue weighted by Gasteiger charge is -2.06. The van der Waals surface area contributed by atoms with Crippen LogP contribution in [0.4, 0.5) is 4.39 Å². The Bertz CT molecular complexity index is 984. The highest BCUT2D eigenvalue weighted by Gasteiger charge is 2.14. The Hall–Kier alpha value is -2.09. The monoisotopic (exact) mass is 376 g/mol. The number of nitrogens with one attached hydrogen (secondary N) is 1. The first kappa shape index (κ1) is 17.7. The van der Waals surface area contributed by atoms with Gasteiger partial charge in [-0.25, -0.2) is 22.5 Å². The van der Waals surface area contributed by atoms with E-state index in [0.717, 1.165) is 21.8 Å². The average Bonchev–Trinajstić information content (AvgIpc) is 3.04. The summed E-state index contributed by atoms with van der Waals surface area (Å²) >= 11 is 1.41. The van der Waals surface area contributed by atoms with E-state index >= 15 is 0 Å². The Morgan fingerprint density at radius 2 is 1.96 bits per heavy atom. The van der Waals surface area contributed by atoms with E-state index in [1.807, 2.05) is 18.4 Å². The molecule has 0 unspecified atom stereocenters. The van der Waals surface area contributed by atoms with E-state index < -0.39 is 10.0 Å². The second-order valence-corrected chi connectivity index (χ2v) is 8.24. The van der Waals surface area contributed by atoms with Gasteiger partial charge >= 0.3 is 0 Å². The molecule has 0 saturated heterocycles. The molecular formula is C18H17FN2O2S2. The fourth-order valence-corrected chi connectivity index (χ4v) is 4.34. The molecule has 0 spiro atoms. The second kappa shape index (κ2) is 7.43. The van der Waals surface area contributed by atoms with Crippen LogP contribution >= 0.6 is 11.3 Å². The SMILES string of the molecule is Cc1cccc(S(=O)(=O)NCCc2csc(-c3cccc(F)c3)n2)c1. The highest BCUT2D eigenvalue weighted by atomic mass is 32.2. The maximum atomic E-state index is 13.3. The van der Waals surface area contributed by atoms with Gasteiger partial charge in [0.05, 0.1) is 10.6 Å². The smallest absolute Gasteiger partial charge is 0.240 e. The van der Waals surface area contributed by atoms with Crippen molar-refractivity contribution in [2.45, 2.75) is 18.2 Å². The minimum absolute atomic E-state index is 0.253. The molecule has 0 aliphatic rings. The van der Waals surface area contributed by atoms with E-state index in [-0.39, 0.29) is 17.3 Å². The van der Waals surface area contributed by atoms with Crippen molar-refractivity contribution in [1.29, 1.82) is 0 Å². The standard InChI is InChI=1S/C18H17FN2O2S2/c1-13-4-2-7-17(10-13)25(22,23)20-9-8-16-12-24-18(21-16)14-5-3-6-15(19)11-14/h2-7,10-12,20H,8-9H2,1H3. The third-order valence-corrected chi connectivity index (χ3v) is 6.00. The number of sulfonamides is 1. The number of nitrogens with zero attached hydrogens (tertiary/aromatic N) is 1. The Kier molecular flexibility index (Phi) is 5.27. The summed E-state index contributed by atoms with van der Waals surface area (Å²) in [6.45, 7) is 2.10. The van der Waals surface area contributed by atoms with Crippen molar-refractivity contribution in [2.75, 3.05) is 6.54 Å². The maximum absolute atomic E-state index is 13.3. The van der Waals surface area contributed by atoms with Crippen molar-refractivity contribution in [3.05, 3.63) is 71.0 Å². The summed E-state index contributed by atoms with van der Waals surface area (Å²) < 4.78 is 40.4. The third-order valence-electron chi connectivity index (χ3n) is 3.60. The van der Waals surface area contributed by atoms with Crippen LogP contribution in [-0.2, 0) is 16.4 Å². The molecule has 0 bridgehead atoms. The van der Waals surface area contributed by atoms with Crippen molar-refractivity contribution in [2.24, 2.45) is 0 Å². The van der Waals surface area contributed by atoms with Gasteiger partial charge in [-0.3, -0.25) is 0 Å². The number of hydrogen-bond donors (Lipinski definition) is 1. The Morgan fingerprint density at radius 1 is 1.16 bits per heavy atom. The lowest BCUT2D eigenvalue weighted by molar-refractivity contribution is 0.581. The minimum atomic E-state index is -3.53. The molecule has 3 aromatic rings. The number of aromatic nitrogens is 1. The van der Waals surface area contributed by atoms with Gasteiger partial charge in [0, 0.05) is 23.9 Å². The van der Waals surface area contributed by atoms with Crippen LogP contribution in [0.25, 0.3) is 10.6 Å². The van der Waals surface area contributed by atoms with Crippen molar-refractivity contribution < 1.29 is 12.8 Å². The molecule has 0 radical (unpaired) electrons. The van der Waals surface area contributed by atoms with Gasteiger partial charge in [0.2, 0.25) is 10.0 Å². The number of halogens is 1. The lowest BCUT2D eigenvalue weighted by atomic mass is 10.2. The van der Waals surface area contributed by atoms with Crippen molar-refractivity contribution in [3.8, 4) is 10.6 Å². The molecule has 1 aromatic heterocycles. The van der Waals surface area contributed by atoms with Crippen LogP contribution in [0.3, 0.4) is 0 Å². The van der Waals surface area contributed by atoms with Gasteiger partial charge in [-0.1, -0.05) is 24.3 Å². The largest absolute Gasteiger partial charge is 0.241 e. The molecule has 0 aliphatic heterocycles. The normalized spacial score (nSPS) is 11.6. The molecule has 25 heavy (non-hydrogen) atoms. The number of rotatable bonds is 6. The Balaban J connectivity index is 1.63. The average molecular weight is 376 g/mol. The highest BCUT2D eigenvalue weighted by Crippen LogP contribution is 2.24. The van der Waals surface area contributed by atoms with Gasteiger partial charge < -0.3 is 0 Å². The molecule has 2 aromatic carbocycles. The van der Waals surface area contributed by atoms with Crippen LogP contribution in [0.15, 0.2) is 58.8 Å². The molecule has 1 heterocycles. The van der Waals surface area contributed by atoms with Gasteiger partial charge in [-0.05, 0) is 36.8 Å². The molecule has 0 saturated carbocycles. The summed E-state index contributed by atoms with van der Waals surface area (Å²) in [4.78, 5) is 4.70. The van der Waals surface area contributed by atoms with Crippen LogP contribution in [0.2, 0.25) is 0 Å². The topological polar surface area (TPSA) is 59.1 Å². The highest BCUT2D eigenvalue weighted by molar-refractivity contribution is 7.89. The van der Waals surface area contributed by atoms with Gasteiger partial charge in [0.15, 0.2) is 0 Å². The quantitative estimate of drug-likeness (QED) is 0.712. The van der Waals surface area contributed by atoms with E-state index in [0.29, 0.717) is 6.42 Å². The lowest BCUT2D eigenvalue weighted by Crippen LogP contribution is -2.26. The molecule has 3 rings (SSSR count). The summed E-state index contributed by atoms with van der Waals surface area (Å²) in [6.07, 6.45) is 0.469. The van der Waals surface area contributed by atoms with Gasteiger partial charge in [0.1, 0.15) is 10.8 Å². The number of benzene rings is 2. The summed E-state index contributed by atoms with van der Waals surface area (Å²) in [5, 5.41) is 2.58. The van der Waals surface area contributed by atoms with E-state index in [9.17, 15) is 12.8 Å². The zero-order valence-electron chi connectivity index (χ0n) is 13.6. The predicted molar refractivity (Wildman–Crippen MR) is 97.6 cm³/mol. The Labute approximate surface area is 150 Å². The first-order valence-electron chi connectivity index (χ1n) is 7.71. The molecule has 4 nitrogen and oxygen atoms in total. The van der Waals surface area contributed by atoms with E-state index in [4.69, 9.17) is 0 Å². The van der Waals surface area contributed by atoms with Crippen LogP contribution in [0.1, 0.15) is 11.3 Å². The molecule has 1 N–H and O–H groups in total. The minimum Gasteiger partial charge on any atom is -0.241 e. The summed E-state index contributed by atoms with van der Waals surface area (Å²) in [7, 11) is -3.53. The summed E-state index contributed by atoms with van der Waals surface area (Å²) in [6, 6.07) is 13.0. The first-order chi connectivity index (χ1) is 11.9. The predicted octanol–water partition coefficient (Wildman–Crippen LogP) is 3.78. The number of aryl methyl sites for hydroxylation is 1. The third kappa shape index (κ3) is 4.50. The summed E-state index contributed by atoms with van der Waals surface area (Å²) in [5.41, 5.74) is 2.38. The fourth-order valence-electron chi connectivity index (χ4n) is 2.36. The zero-order valence-corrected chi connectivity index (χ0v) is 15.2. The second-order valence-electron chi connectivity index (χ2n) is 5.62. The zero-order chi connectivity index (χ0) is 17.9. The van der Waals surface area contributed by atoms with E-state index in [1.54, 1.807) is 30.3 Å².